The molecule has 0 aliphatic heterocycles. The zero-order chi connectivity index (χ0) is 14.1. The second-order valence-electron chi connectivity index (χ2n) is 4.15. The molecule has 0 unspecified atom stereocenters. The molecule has 0 N–H and O–H groups in total. The van der Waals surface area contributed by atoms with Gasteiger partial charge in [-0.25, -0.2) is 4.99 Å². The Bertz CT molecular complexity index is 799. The summed E-state index contributed by atoms with van der Waals surface area (Å²) in [4.78, 5) is 6.84. The number of hydrogen-bond acceptors (Lipinski definition) is 3. The SMILES string of the molecule is Cn1c(-c2ccc(Br)s2)csc1=Nc1ccc(Cl)cc1. The Labute approximate surface area is 138 Å². The van der Waals surface area contributed by atoms with Crippen molar-refractivity contribution in [2.45, 2.75) is 0 Å². The van der Waals surface area contributed by atoms with Gasteiger partial charge in [-0.05, 0) is 52.3 Å². The highest BCUT2D eigenvalue weighted by atomic mass is 79.9. The second kappa shape index (κ2) is 5.85. The van der Waals surface area contributed by atoms with Crippen LogP contribution in [0.25, 0.3) is 10.6 Å². The Hall–Kier alpha value is -0.880. The van der Waals surface area contributed by atoms with E-state index in [1.807, 2.05) is 31.3 Å². The number of aromatic nitrogens is 1. The molecular weight excluding hydrogens is 376 g/mol. The Kier molecular flexibility index (Phi) is 4.12. The normalized spacial score (nSPS) is 12.1. The van der Waals surface area contributed by atoms with E-state index in [0.717, 1.165) is 19.3 Å². The second-order valence-corrected chi connectivity index (χ2v) is 7.89. The Morgan fingerprint density at radius 1 is 1.15 bits per heavy atom. The summed E-state index contributed by atoms with van der Waals surface area (Å²) in [7, 11) is 2.04. The molecule has 0 saturated heterocycles. The Morgan fingerprint density at radius 3 is 2.55 bits per heavy atom. The van der Waals surface area contributed by atoms with E-state index in [0.29, 0.717) is 0 Å². The highest BCUT2D eigenvalue weighted by Crippen LogP contribution is 2.31. The topological polar surface area (TPSA) is 17.3 Å². The number of hydrogen-bond donors (Lipinski definition) is 0. The van der Waals surface area contributed by atoms with E-state index in [4.69, 9.17) is 11.6 Å². The minimum absolute atomic E-state index is 0.726. The van der Waals surface area contributed by atoms with Crippen LogP contribution in [0.5, 0.6) is 0 Å². The van der Waals surface area contributed by atoms with Gasteiger partial charge in [0.25, 0.3) is 0 Å². The summed E-state index contributed by atoms with van der Waals surface area (Å²) < 4.78 is 3.24. The van der Waals surface area contributed by atoms with Crippen LogP contribution in [0, 0.1) is 0 Å². The molecule has 20 heavy (non-hydrogen) atoms. The number of nitrogens with zero attached hydrogens (tertiary/aromatic N) is 2. The van der Waals surface area contributed by atoms with Crippen LogP contribution < -0.4 is 4.80 Å². The summed E-state index contributed by atoms with van der Waals surface area (Å²) in [5.41, 5.74) is 2.09. The van der Waals surface area contributed by atoms with Crippen molar-refractivity contribution < 1.29 is 0 Å². The lowest BCUT2D eigenvalue weighted by Gasteiger charge is -1.99. The van der Waals surface area contributed by atoms with Crippen LogP contribution in [0.2, 0.25) is 5.02 Å². The van der Waals surface area contributed by atoms with E-state index in [1.54, 1.807) is 22.7 Å². The van der Waals surface area contributed by atoms with Crippen molar-refractivity contribution in [1.82, 2.24) is 4.57 Å². The average molecular weight is 386 g/mol. The molecule has 3 rings (SSSR count). The van der Waals surface area contributed by atoms with Gasteiger partial charge >= 0.3 is 0 Å². The van der Waals surface area contributed by atoms with Gasteiger partial charge in [-0.3, -0.25) is 0 Å². The number of thiophene rings is 1. The van der Waals surface area contributed by atoms with Gasteiger partial charge in [0.1, 0.15) is 0 Å². The van der Waals surface area contributed by atoms with Crippen LogP contribution in [-0.4, -0.2) is 4.57 Å². The van der Waals surface area contributed by atoms with Crippen LogP contribution in [-0.2, 0) is 7.05 Å². The van der Waals surface area contributed by atoms with Crippen molar-refractivity contribution in [3.8, 4) is 10.6 Å². The van der Waals surface area contributed by atoms with Crippen LogP contribution in [0.1, 0.15) is 0 Å². The molecular formula is C14H10BrClN2S2. The van der Waals surface area contributed by atoms with Gasteiger partial charge in [0.2, 0.25) is 0 Å². The first kappa shape index (κ1) is 14.1. The number of benzene rings is 1. The van der Waals surface area contributed by atoms with Crippen molar-refractivity contribution in [2.24, 2.45) is 12.0 Å². The average Bonchev–Trinajstić information content (AvgIpc) is 3.00. The molecule has 0 radical (unpaired) electrons. The summed E-state index contributed by atoms with van der Waals surface area (Å²) in [6, 6.07) is 11.7. The van der Waals surface area contributed by atoms with Gasteiger partial charge in [0.05, 0.1) is 20.0 Å². The molecule has 0 spiro atoms. The first-order valence-corrected chi connectivity index (χ1v) is 8.71. The molecule has 2 heterocycles. The molecule has 0 aliphatic rings. The third-order valence-corrected chi connectivity index (χ3v) is 5.62. The summed E-state index contributed by atoms with van der Waals surface area (Å²) in [6.07, 6.45) is 0. The van der Waals surface area contributed by atoms with Gasteiger partial charge in [0, 0.05) is 17.5 Å². The molecule has 6 heteroatoms. The predicted octanol–water partition coefficient (Wildman–Crippen LogP) is 5.46. The molecule has 102 valence electrons. The Balaban J connectivity index is 2.04. The fourth-order valence-corrected chi connectivity index (χ4v) is 4.33. The van der Waals surface area contributed by atoms with Gasteiger partial charge in [-0.2, -0.15) is 0 Å². The molecule has 0 amide bonds. The number of rotatable bonds is 2. The quantitative estimate of drug-likeness (QED) is 0.557. The van der Waals surface area contributed by atoms with E-state index < -0.39 is 0 Å². The van der Waals surface area contributed by atoms with Crippen LogP contribution in [0.4, 0.5) is 5.69 Å². The molecule has 0 aliphatic carbocycles. The standard InChI is InChI=1S/C14H10BrClN2S2/c1-18-11(12-6-7-13(15)20-12)8-19-14(18)17-10-4-2-9(16)3-5-10/h2-8H,1H3. The minimum atomic E-state index is 0.726. The first-order valence-electron chi connectivity index (χ1n) is 5.84. The maximum Gasteiger partial charge on any atom is 0.190 e. The summed E-state index contributed by atoms with van der Waals surface area (Å²) >= 11 is 12.7. The molecule has 0 saturated carbocycles. The van der Waals surface area contributed by atoms with Gasteiger partial charge in [-0.1, -0.05) is 11.6 Å². The zero-order valence-corrected chi connectivity index (χ0v) is 14.5. The van der Waals surface area contributed by atoms with E-state index in [2.05, 4.69) is 43.0 Å². The maximum atomic E-state index is 5.89. The largest absolute Gasteiger partial charge is 0.319 e. The molecule has 2 nitrogen and oxygen atoms in total. The molecule has 0 atom stereocenters. The fourth-order valence-electron chi connectivity index (χ4n) is 1.77. The summed E-state index contributed by atoms with van der Waals surface area (Å²) in [5.74, 6) is 0. The number of halogens is 2. The first-order chi connectivity index (χ1) is 9.63. The zero-order valence-electron chi connectivity index (χ0n) is 10.5. The smallest absolute Gasteiger partial charge is 0.190 e. The van der Waals surface area contributed by atoms with Crippen molar-refractivity contribution in [3.05, 3.63) is 55.4 Å². The van der Waals surface area contributed by atoms with Crippen LogP contribution in [0.15, 0.2) is 50.6 Å². The van der Waals surface area contributed by atoms with Crippen molar-refractivity contribution in [3.63, 3.8) is 0 Å². The third kappa shape index (κ3) is 2.91. The third-order valence-electron chi connectivity index (χ3n) is 2.80. The van der Waals surface area contributed by atoms with Gasteiger partial charge in [0.15, 0.2) is 4.80 Å². The molecule has 3 aromatic rings. The van der Waals surface area contributed by atoms with E-state index in [9.17, 15) is 0 Å². The van der Waals surface area contributed by atoms with E-state index in [-0.39, 0.29) is 0 Å². The van der Waals surface area contributed by atoms with Gasteiger partial charge in [-0.15, -0.1) is 22.7 Å². The lowest BCUT2D eigenvalue weighted by atomic mass is 10.3. The maximum absolute atomic E-state index is 5.89. The summed E-state index contributed by atoms with van der Waals surface area (Å²) in [6.45, 7) is 0. The van der Waals surface area contributed by atoms with Crippen molar-refractivity contribution in [1.29, 1.82) is 0 Å². The lowest BCUT2D eigenvalue weighted by Crippen LogP contribution is -2.10. The lowest BCUT2D eigenvalue weighted by molar-refractivity contribution is 0.885. The van der Waals surface area contributed by atoms with Gasteiger partial charge < -0.3 is 4.57 Å². The minimum Gasteiger partial charge on any atom is -0.319 e. The Morgan fingerprint density at radius 2 is 1.90 bits per heavy atom. The fraction of sp³-hybridized carbons (Fsp3) is 0.0714. The highest BCUT2D eigenvalue weighted by Gasteiger charge is 2.07. The highest BCUT2D eigenvalue weighted by molar-refractivity contribution is 9.11. The molecule has 0 bridgehead atoms. The van der Waals surface area contributed by atoms with Crippen LogP contribution >= 0.6 is 50.2 Å². The number of thiazole rings is 1. The molecule has 0 fully saturated rings. The summed E-state index contributed by atoms with van der Waals surface area (Å²) in [5, 5.41) is 2.86. The molecule has 2 aromatic heterocycles. The molecule has 1 aromatic carbocycles. The monoisotopic (exact) mass is 384 g/mol. The van der Waals surface area contributed by atoms with Crippen molar-refractivity contribution in [2.75, 3.05) is 0 Å². The predicted molar refractivity (Wildman–Crippen MR) is 91.0 cm³/mol. The van der Waals surface area contributed by atoms with E-state index in [1.165, 1.54) is 10.6 Å². The van der Waals surface area contributed by atoms with Crippen LogP contribution in [0.3, 0.4) is 0 Å². The van der Waals surface area contributed by atoms with Crippen molar-refractivity contribution >= 4 is 55.9 Å². The van der Waals surface area contributed by atoms with E-state index >= 15 is 0 Å².